The fourth-order valence-electron chi connectivity index (χ4n) is 9.88. The van der Waals surface area contributed by atoms with E-state index in [1.54, 1.807) is 0 Å². The highest BCUT2D eigenvalue weighted by Gasteiger charge is 2.22. The molecule has 0 N–H and O–H groups in total. The second-order valence-corrected chi connectivity index (χ2v) is 19.6. The van der Waals surface area contributed by atoms with Crippen LogP contribution in [0.1, 0.15) is 0 Å². The van der Waals surface area contributed by atoms with Crippen LogP contribution < -0.4 is 0 Å². The lowest BCUT2D eigenvalue weighted by Gasteiger charge is -2.16. The highest BCUT2D eigenvalue weighted by molar-refractivity contribution is 7.26. The van der Waals surface area contributed by atoms with Gasteiger partial charge in [-0.1, -0.05) is 176 Å². The predicted molar refractivity (Wildman–Crippen MR) is 292 cm³/mol. The van der Waals surface area contributed by atoms with Gasteiger partial charge in [0.15, 0.2) is 34.9 Å². The summed E-state index contributed by atoms with van der Waals surface area (Å²) >= 11 is 3.66. The largest absolute Gasteiger partial charge is 0.208 e. The van der Waals surface area contributed by atoms with E-state index >= 15 is 0 Å². The van der Waals surface area contributed by atoms with E-state index < -0.39 is 0 Å². The summed E-state index contributed by atoms with van der Waals surface area (Å²) in [6, 6.07) is 76.5. The smallest absolute Gasteiger partial charge is 0.164 e. The molecule has 0 unspecified atom stereocenters. The van der Waals surface area contributed by atoms with E-state index in [-0.39, 0.29) is 0 Å². The van der Waals surface area contributed by atoms with Crippen molar-refractivity contribution in [1.29, 1.82) is 0 Å². The van der Waals surface area contributed by atoms with Gasteiger partial charge in [-0.25, -0.2) is 29.9 Å². The fourth-order valence-corrected chi connectivity index (χ4v) is 12.2. The average Bonchev–Trinajstić information content (AvgIpc) is 4.02. The van der Waals surface area contributed by atoms with Crippen LogP contribution in [-0.4, -0.2) is 29.9 Å². The van der Waals surface area contributed by atoms with E-state index in [9.17, 15) is 0 Å². The summed E-state index contributed by atoms with van der Waals surface area (Å²) in [5.41, 5.74) is 7.68. The van der Waals surface area contributed by atoms with Crippen LogP contribution in [0, 0.1) is 0 Å². The minimum Gasteiger partial charge on any atom is -0.208 e. The van der Waals surface area contributed by atoms with Crippen LogP contribution in [-0.2, 0) is 0 Å². The summed E-state index contributed by atoms with van der Waals surface area (Å²) in [4.78, 5) is 31.2. The molecule has 0 bridgehead atoms. The summed E-state index contributed by atoms with van der Waals surface area (Å²) < 4.78 is 4.94. The van der Waals surface area contributed by atoms with Crippen LogP contribution in [0.4, 0.5) is 0 Å². The van der Waals surface area contributed by atoms with E-state index in [0.717, 1.165) is 66.1 Å². The van der Waals surface area contributed by atoms with Crippen LogP contribution in [0.3, 0.4) is 0 Å². The summed E-state index contributed by atoms with van der Waals surface area (Å²) in [6.45, 7) is 0. The molecule has 0 saturated carbocycles. The summed E-state index contributed by atoms with van der Waals surface area (Å²) in [5.74, 6) is 3.70. The highest BCUT2D eigenvalue weighted by Crippen LogP contribution is 2.47. The second-order valence-electron chi connectivity index (χ2n) is 17.4. The van der Waals surface area contributed by atoms with Crippen molar-refractivity contribution in [1.82, 2.24) is 29.9 Å². The van der Waals surface area contributed by atoms with E-state index in [1.165, 1.54) is 40.3 Å². The molecule has 0 radical (unpaired) electrons. The number of aromatic nitrogens is 6. The topological polar surface area (TPSA) is 77.3 Å². The normalized spacial score (nSPS) is 11.7. The Balaban J connectivity index is 1.08. The van der Waals surface area contributed by atoms with Crippen molar-refractivity contribution in [3.63, 3.8) is 0 Å². The monoisotopic (exact) mass is 928 g/mol. The Morgan fingerprint density at radius 3 is 1.16 bits per heavy atom. The van der Waals surface area contributed by atoms with Gasteiger partial charge in [-0.15, -0.1) is 22.7 Å². The minimum atomic E-state index is 0.605. The average molecular weight is 929 g/mol. The van der Waals surface area contributed by atoms with Gasteiger partial charge in [-0.3, -0.25) is 0 Å². The van der Waals surface area contributed by atoms with Gasteiger partial charge in [0.05, 0.1) is 0 Å². The van der Waals surface area contributed by atoms with Gasteiger partial charge in [-0.2, -0.15) is 0 Å². The first-order chi connectivity index (χ1) is 34.7. The number of thiophene rings is 2. The Morgan fingerprint density at radius 2 is 0.629 bits per heavy atom. The van der Waals surface area contributed by atoms with E-state index in [2.05, 4.69) is 121 Å². The molecule has 0 fully saturated rings. The zero-order valence-corrected chi connectivity index (χ0v) is 38.9. The van der Waals surface area contributed by atoms with Crippen molar-refractivity contribution >= 4 is 84.6 Å². The number of hydrogen-bond donors (Lipinski definition) is 0. The molecule has 0 aliphatic carbocycles. The van der Waals surface area contributed by atoms with Crippen molar-refractivity contribution < 1.29 is 0 Å². The van der Waals surface area contributed by atoms with E-state index in [1.807, 2.05) is 120 Å². The van der Waals surface area contributed by atoms with Gasteiger partial charge >= 0.3 is 0 Å². The first-order valence-corrected chi connectivity index (χ1v) is 24.8. The Morgan fingerprint density at radius 1 is 0.214 bits per heavy atom. The van der Waals surface area contributed by atoms with Crippen molar-refractivity contribution in [2.45, 2.75) is 0 Å². The maximum absolute atomic E-state index is 5.34. The molecule has 0 aliphatic rings. The molecule has 10 aromatic carbocycles. The molecule has 70 heavy (non-hydrogen) atoms. The molecule has 0 aliphatic heterocycles. The van der Waals surface area contributed by atoms with Crippen molar-refractivity contribution in [3.05, 3.63) is 218 Å². The SMILES string of the molecule is c1ccc(-c2nc(-c3ccccc3)nc(-c3ccc4c(c3)c(-c3cc(-c5nc(-c6ccccc6)nc(-c6ccccc6)n5)c5ccc6sc7ccccc7c6c5c3)cc3sc5ccccc5c34)n2)cc1. The van der Waals surface area contributed by atoms with Gasteiger partial charge in [-0.05, 0) is 75.1 Å². The minimum absolute atomic E-state index is 0.605. The van der Waals surface area contributed by atoms with Crippen molar-refractivity contribution in [2.75, 3.05) is 0 Å². The fraction of sp³-hybridized carbons (Fsp3) is 0. The molecule has 0 amide bonds. The summed E-state index contributed by atoms with van der Waals surface area (Å²) in [6.07, 6.45) is 0. The first-order valence-electron chi connectivity index (χ1n) is 23.2. The van der Waals surface area contributed by atoms with Gasteiger partial charge in [0.2, 0.25) is 0 Å². The lowest BCUT2D eigenvalue weighted by Crippen LogP contribution is -2.01. The second kappa shape index (κ2) is 16.5. The molecule has 326 valence electrons. The predicted octanol–water partition coefficient (Wildman–Crippen LogP) is 16.8. The Labute approximate surface area is 410 Å². The van der Waals surface area contributed by atoms with E-state index in [0.29, 0.717) is 34.9 Å². The molecular formula is C62H36N6S2. The Kier molecular flexibility index (Phi) is 9.46. The third kappa shape index (κ3) is 6.84. The highest BCUT2D eigenvalue weighted by atomic mass is 32.1. The van der Waals surface area contributed by atoms with Gasteiger partial charge in [0.25, 0.3) is 0 Å². The molecule has 6 nitrogen and oxygen atoms in total. The van der Waals surface area contributed by atoms with Crippen molar-refractivity contribution in [3.8, 4) is 79.5 Å². The first kappa shape index (κ1) is 40.3. The van der Waals surface area contributed by atoms with Crippen LogP contribution in [0.5, 0.6) is 0 Å². The standard InChI is InChI=1S/C62H36N6S2/c1-5-17-37(18-6-1)57-63-58(38-19-7-2-8-20-38)66-61(65-57)41-29-30-44-48(33-41)47(36-54-55(44)45-25-13-16-28-52(45)70-54)42-34-49-43(31-32-53-56(49)46-26-14-15-27-51(46)69-53)50(35-42)62-67-59(39-21-9-3-10-22-39)64-60(68-62)40-23-11-4-12-24-40/h1-36H. The maximum atomic E-state index is 5.34. The van der Waals surface area contributed by atoms with Crippen LogP contribution in [0.2, 0.25) is 0 Å². The van der Waals surface area contributed by atoms with Gasteiger partial charge < -0.3 is 0 Å². The van der Waals surface area contributed by atoms with Crippen LogP contribution >= 0.6 is 22.7 Å². The molecule has 4 heterocycles. The van der Waals surface area contributed by atoms with E-state index in [4.69, 9.17) is 29.9 Å². The lowest BCUT2D eigenvalue weighted by molar-refractivity contribution is 1.07. The maximum Gasteiger partial charge on any atom is 0.164 e. The summed E-state index contributed by atoms with van der Waals surface area (Å²) in [7, 11) is 0. The third-order valence-electron chi connectivity index (χ3n) is 13.2. The zero-order chi connectivity index (χ0) is 46.1. The molecule has 0 spiro atoms. The van der Waals surface area contributed by atoms with Crippen LogP contribution in [0.25, 0.3) is 141 Å². The number of rotatable bonds is 7. The number of benzene rings is 10. The van der Waals surface area contributed by atoms with Gasteiger partial charge in [0, 0.05) is 73.7 Å². The zero-order valence-electron chi connectivity index (χ0n) is 37.3. The number of nitrogens with zero attached hydrogens (tertiary/aromatic N) is 6. The van der Waals surface area contributed by atoms with Crippen molar-refractivity contribution in [2.24, 2.45) is 0 Å². The molecule has 0 saturated heterocycles. The quantitative estimate of drug-likeness (QED) is 0.158. The number of fused-ring (bicyclic) bond motifs is 10. The lowest BCUT2D eigenvalue weighted by atomic mass is 9.90. The Hall–Kier alpha value is -8.82. The van der Waals surface area contributed by atoms with Gasteiger partial charge in [0.1, 0.15) is 0 Å². The third-order valence-corrected chi connectivity index (χ3v) is 15.4. The molecule has 8 heteroatoms. The number of hydrogen-bond acceptors (Lipinski definition) is 8. The van der Waals surface area contributed by atoms with Crippen LogP contribution in [0.15, 0.2) is 218 Å². The summed E-state index contributed by atoms with van der Waals surface area (Å²) in [5, 5.41) is 9.40. The molecule has 0 atom stereocenters. The molecule has 14 rings (SSSR count). The molecule has 4 aromatic heterocycles. The molecule has 14 aromatic rings. The molecular weight excluding hydrogens is 893 g/mol. The Bertz CT molecular complexity index is 4230.